The molecule has 2 aliphatic carbocycles. The molecular weight excluding hydrogens is 390 g/mol. The molecule has 4 aliphatic rings. The van der Waals surface area contributed by atoms with Crippen molar-refractivity contribution in [3.8, 4) is 11.5 Å². The van der Waals surface area contributed by atoms with E-state index in [0.29, 0.717) is 11.8 Å². The number of carbonyl (C=O) groups excluding carboxylic acids is 1. The highest BCUT2D eigenvalue weighted by Gasteiger charge is 2.55. The molecule has 0 aromatic heterocycles. The van der Waals surface area contributed by atoms with Gasteiger partial charge in [0, 0.05) is 25.6 Å². The number of benzene rings is 1. The van der Waals surface area contributed by atoms with Gasteiger partial charge in [-0.25, -0.2) is 0 Å². The Morgan fingerprint density at radius 2 is 1.94 bits per heavy atom. The maximum atomic E-state index is 12.9. The molecular formula is C26H35NO4. The minimum absolute atomic E-state index is 0.0148. The number of allylic oxidation sites excluding steroid dienone is 1. The minimum atomic E-state index is -0.0222. The summed E-state index contributed by atoms with van der Waals surface area (Å²) in [6.45, 7) is 9.38. The van der Waals surface area contributed by atoms with Crippen LogP contribution < -0.4 is 9.47 Å². The summed E-state index contributed by atoms with van der Waals surface area (Å²) >= 11 is 0. The van der Waals surface area contributed by atoms with E-state index in [1.54, 1.807) is 14.2 Å². The molecule has 0 spiro atoms. The van der Waals surface area contributed by atoms with Crippen molar-refractivity contribution in [2.24, 2.45) is 23.2 Å². The summed E-state index contributed by atoms with van der Waals surface area (Å²) in [4.78, 5) is 15.4. The zero-order chi connectivity index (χ0) is 21.8. The summed E-state index contributed by atoms with van der Waals surface area (Å²) in [5, 5.41) is 0. The quantitative estimate of drug-likeness (QED) is 0.529. The van der Waals surface area contributed by atoms with Crippen molar-refractivity contribution in [2.75, 3.05) is 27.3 Å². The number of hydrogen-bond donors (Lipinski definition) is 0. The first kappa shape index (κ1) is 20.9. The number of ether oxygens (including phenoxy) is 3. The first-order chi connectivity index (χ1) is 14.9. The lowest BCUT2D eigenvalue weighted by atomic mass is 9.55. The van der Waals surface area contributed by atoms with E-state index in [9.17, 15) is 4.79 Å². The predicted molar refractivity (Wildman–Crippen MR) is 119 cm³/mol. The first-order valence-electron chi connectivity index (χ1n) is 11.8. The summed E-state index contributed by atoms with van der Waals surface area (Å²) < 4.78 is 16.9. The van der Waals surface area contributed by atoms with Gasteiger partial charge in [-0.3, -0.25) is 9.69 Å². The Kier molecular flexibility index (Phi) is 5.28. The molecule has 0 radical (unpaired) electrons. The molecule has 5 heteroatoms. The molecule has 5 atom stereocenters. The Morgan fingerprint density at radius 3 is 2.68 bits per heavy atom. The Morgan fingerprint density at radius 1 is 1.19 bits per heavy atom. The molecule has 168 valence electrons. The highest BCUT2D eigenvalue weighted by atomic mass is 16.6. The molecule has 1 aromatic rings. The molecule has 0 bridgehead atoms. The maximum Gasteiger partial charge on any atom is 0.310 e. The smallest absolute Gasteiger partial charge is 0.310 e. The van der Waals surface area contributed by atoms with Gasteiger partial charge in [0.2, 0.25) is 0 Å². The SMILES string of the molecule is C=C1CCC[C@]2(C)C[C@H]3OC(=O)[C@@H](CN4CCc5cc(OC)c(OC)cc5C4)[C@@H]3C[C@H]12. The monoisotopic (exact) mass is 425 g/mol. The van der Waals surface area contributed by atoms with Gasteiger partial charge in [0.15, 0.2) is 11.5 Å². The molecule has 2 heterocycles. The van der Waals surface area contributed by atoms with E-state index in [0.717, 1.165) is 56.8 Å². The van der Waals surface area contributed by atoms with Crippen LogP contribution >= 0.6 is 0 Å². The van der Waals surface area contributed by atoms with E-state index < -0.39 is 0 Å². The van der Waals surface area contributed by atoms with Gasteiger partial charge in [-0.1, -0.05) is 19.1 Å². The van der Waals surface area contributed by atoms with Gasteiger partial charge in [0.1, 0.15) is 6.10 Å². The van der Waals surface area contributed by atoms with Crippen molar-refractivity contribution in [1.29, 1.82) is 0 Å². The van der Waals surface area contributed by atoms with E-state index in [-0.39, 0.29) is 23.4 Å². The van der Waals surface area contributed by atoms with E-state index in [4.69, 9.17) is 14.2 Å². The zero-order valence-corrected chi connectivity index (χ0v) is 19.1. The maximum absolute atomic E-state index is 12.9. The van der Waals surface area contributed by atoms with Gasteiger partial charge in [-0.2, -0.15) is 0 Å². The zero-order valence-electron chi connectivity index (χ0n) is 19.1. The third kappa shape index (κ3) is 3.55. The number of hydrogen-bond acceptors (Lipinski definition) is 5. The molecule has 5 rings (SSSR count). The van der Waals surface area contributed by atoms with Crippen LogP contribution in [0.2, 0.25) is 0 Å². The summed E-state index contributed by atoms with van der Waals surface area (Å²) in [6.07, 6.45) is 6.72. The normalized spacial score (nSPS) is 35.1. The molecule has 5 nitrogen and oxygen atoms in total. The van der Waals surface area contributed by atoms with E-state index >= 15 is 0 Å². The second-order valence-electron chi connectivity index (χ2n) is 10.4. The average molecular weight is 426 g/mol. The first-order valence-corrected chi connectivity index (χ1v) is 11.8. The van der Waals surface area contributed by atoms with Crippen LogP contribution in [0.4, 0.5) is 0 Å². The second-order valence-corrected chi connectivity index (χ2v) is 10.4. The van der Waals surface area contributed by atoms with Crippen molar-refractivity contribution in [3.63, 3.8) is 0 Å². The topological polar surface area (TPSA) is 48.0 Å². The molecule has 0 N–H and O–H groups in total. The fourth-order valence-electron chi connectivity index (χ4n) is 6.84. The fourth-order valence-corrected chi connectivity index (χ4v) is 6.84. The standard InChI is InChI=1S/C26H35NO4/c1-16-6-5-8-26(2)13-24-19(12-21(16)26)20(25(28)31-24)15-27-9-7-17-10-22(29-3)23(30-4)11-18(17)14-27/h10-11,19-21,24H,1,5-9,12-15H2,2-4H3/t19-,20-,21+,24+,26+/m0/s1. The predicted octanol–water partition coefficient (Wildman–Crippen LogP) is 4.38. The van der Waals surface area contributed by atoms with Crippen molar-refractivity contribution in [3.05, 3.63) is 35.4 Å². The Balaban J connectivity index is 1.32. The molecule has 0 unspecified atom stereocenters. The van der Waals surface area contributed by atoms with E-state index in [1.807, 2.05) is 0 Å². The summed E-state index contributed by atoms with van der Waals surface area (Å²) in [6, 6.07) is 4.19. The molecule has 0 amide bonds. The molecule has 31 heavy (non-hydrogen) atoms. The molecule has 1 aromatic carbocycles. The van der Waals surface area contributed by atoms with Crippen LogP contribution in [0.5, 0.6) is 11.5 Å². The highest BCUT2D eigenvalue weighted by molar-refractivity contribution is 5.75. The average Bonchev–Trinajstić information content (AvgIpc) is 3.04. The van der Waals surface area contributed by atoms with Crippen LogP contribution in [0, 0.1) is 23.2 Å². The highest BCUT2D eigenvalue weighted by Crippen LogP contribution is 2.57. The van der Waals surface area contributed by atoms with Crippen LogP contribution in [-0.4, -0.2) is 44.3 Å². The number of methoxy groups -OCH3 is 2. The Bertz CT molecular complexity index is 896. The van der Waals surface area contributed by atoms with Crippen LogP contribution in [0.1, 0.15) is 50.2 Å². The fraction of sp³-hybridized carbons (Fsp3) is 0.654. The van der Waals surface area contributed by atoms with E-state index in [2.05, 4.69) is 30.5 Å². The summed E-state index contributed by atoms with van der Waals surface area (Å²) in [5.41, 5.74) is 4.24. The van der Waals surface area contributed by atoms with Gasteiger partial charge in [-0.15, -0.1) is 0 Å². The summed E-state index contributed by atoms with van der Waals surface area (Å²) in [5.74, 6) is 2.41. The molecule has 2 aliphatic heterocycles. The number of carbonyl (C=O) groups is 1. The minimum Gasteiger partial charge on any atom is -0.493 e. The molecule has 2 saturated carbocycles. The summed E-state index contributed by atoms with van der Waals surface area (Å²) in [7, 11) is 3.35. The van der Waals surface area contributed by atoms with Gasteiger partial charge >= 0.3 is 5.97 Å². The van der Waals surface area contributed by atoms with Gasteiger partial charge < -0.3 is 14.2 Å². The van der Waals surface area contributed by atoms with E-state index in [1.165, 1.54) is 29.5 Å². The number of nitrogens with zero attached hydrogens (tertiary/aromatic N) is 1. The lowest BCUT2D eigenvalue weighted by Crippen LogP contribution is -2.46. The third-order valence-electron chi connectivity index (χ3n) is 8.57. The van der Waals surface area contributed by atoms with Crippen molar-refractivity contribution >= 4 is 5.97 Å². The Hall–Kier alpha value is -2.01. The van der Waals surface area contributed by atoms with Gasteiger partial charge in [0.25, 0.3) is 0 Å². The van der Waals surface area contributed by atoms with Crippen molar-refractivity contribution < 1.29 is 19.0 Å². The van der Waals surface area contributed by atoms with Crippen LogP contribution in [0.25, 0.3) is 0 Å². The Labute approximate surface area is 185 Å². The van der Waals surface area contributed by atoms with Crippen LogP contribution in [0.15, 0.2) is 24.3 Å². The number of fused-ring (bicyclic) bond motifs is 3. The van der Waals surface area contributed by atoms with Crippen LogP contribution in [0.3, 0.4) is 0 Å². The largest absolute Gasteiger partial charge is 0.493 e. The van der Waals surface area contributed by atoms with Gasteiger partial charge in [0.05, 0.1) is 20.1 Å². The third-order valence-corrected chi connectivity index (χ3v) is 8.57. The van der Waals surface area contributed by atoms with Crippen molar-refractivity contribution in [1.82, 2.24) is 4.90 Å². The second kappa shape index (κ2) is 7.84. The number of rotatable bonds is 4. The number of esters is 1. The van der Waals surface area contributed by atoms with Crippen molar-refractivity contribution in [2.45, 2.75) is 58.1 Å². The molecule has 1 saturated heterocycles. The molecule has 3 fully saturated rings. The van der Waals surface area contributed by atoms with Gasteiger partial charge in [-0.05, 0) is 73.1 Å². The van der Waals surface area contributed by atoms with Crippen LogP contribution in [-0.2, 0) is 22.5 Å². The lowest BCUT2D eigenvalue weighted by Gasteiger charge is -2.50. The lowest BCUT2D eigenvalue weighted by molar-refractivity contribution is -0.146.